The van der Waals surface area contributed by atoms with Crippen LogP contribution in [-0.2, 0) is 11.2 Å². The van der Waals surface area contributed by atoms with Crippen molar-refractivity contribution in [2.45, 2.75) is 20.3 Å². The number of fused-ring (bicyclic) bond motifs is 1. The van der Waals surface area contributed by atoms with Crippen molar-refractivity contribution in [3.05, 3.63) is 47.0 Å². The van der Waals surface area contributed by atoms with Crippen LogP contribution in [0, 0.1) is 13.8 Å². The van der Waals surface area contributed by atoms with Gasteiger partial charge in [-0.25, -0.2) is 0 Å². The van der Waals surface area contributed by atoms with Gasteiger partial charge in [-0.05, 0) is 49.2 Å². The Morgan fingerprint density at radius 3 is 2.44 bits per heavy atom. The fourth-order valence-electron chi connectivity index (χ4n) is 3.28. The second-order valence-corrected chi connectivity index (χ2v) is 6.12. The number of aromatic nitrogens is 1. The van der Waals surface area contributed by atoms with E-state index in [0.29, 0.717) is 11.5 Å². The van der Waals surface area contributed by atoms with Gasteiger partial charge >= 0.3 is 5.97 Å². The fourth-order valence-corrected chi connectivity index (χ4v) is 3.28. The molecule has 2 aromatic carbocycles. The number of carbonyl (C=O) groups is 1. The summed E-state index contributed by atoms with van der Waals surface area (Å²) in [6.07, 6.45) is -0.0490. The number of carboxylic acids is 1. The molecule has 3 rings (SSSR count). The zero-order chi connectivity index (χ0) is 18.1. The molecule has 5 heteroatoms. The Morgan fingerprint density at radius 1 is 1.08 bits per heavy atom. The van der Waals surface area contributed by atoms with Crippen molar-refractivity contribution < 1.29 is 19.4 Å². The molecule has 0 aliphatic heterocycles. The molecule has 0 aliphatic carbocycles. The molecule has 0 spiro atoms. The van der Waals surface area contributed by atoms with Gasteiger partial charge in [-0.1, -0.05) is 11.6 Å². The van der Waals surface area contributed by atoms with E-state index in [4.69, 9.17) is 9.47 Å². The normalized spacial score (nSPS) is 10.9. The first-order valence-electron chi connectivity index (χ1n) is 8.00. The highest BCUT2D eigenvalue weighted by atomic mass is 16.5. The number of methoxy groups -OCH3 is 2. The predicted octanol–water partition coefficient (Wildman–Crippen LogP) is 4.10. The number of carboxylic acid groups (broad SMARTS) is 1. The smallest absolute Gasteiger partial charge is 0.307 e. The summed E-state index contributed by atoms with van der Waals surface area (Å²) < 4.78 is 10.7. The van der Waals surface area contributed by atoms with E-state index < -0.39 is 5.97 Å². The molecular formula is C20H21NO4. The molecule has 0 radical (unpaired) electrons. The largest absolute Gasteiger partial charge is 0.493 e. The van der Waals surface area contributed by atoms with Gasteiger partial charge in [0.1, 0.15) is 0 Å². The quantitative estimate of drug-likeness (QED) is 0.734. The van der Waals surface area contributed by atoms with Gasteiger partial charge in [0.05, 0.1) is 26.3 Å². The maximum atomic E-state index is 11.4. The van der Waals surface area contributed by atoms with Crippen LogP contribution in [0.2, 0.25) is 0 Å². The van der Waals surface area contributed by atoms with Crippen LogP contribution < -0.4 is 9.47 Å². The third-order valence-electron chi connectivity index (χ3n) is 4.36. The van der Waals surface area contributed by atoms with Gasteiger partial charge < -0.3 is 19.6 Å². The number of H-pyrrole nitrogens is 1. The zero-order valence-corrected chi connectivity index (χ0v) is 14.8. The van der Waals surface area contributed by atoms with E-state index in [0.717, 1.165) is 38.9 Å². The van der Waals surface area contributed by atoms with Crippen molar-refractivity contribution in [2.24, 2.45) is 0 Å². The number of aliphatic carboxylic acids is 1. The second kappa shape index (κ2) is 6.51. The first kappa shape index (κ1) is 16.9. The van der Waals surface area contributed by atoms with E-state index in [2.05, 4.69) is 11.1 Å². The minimum Gasteiger partial charge on any atom is -0.493 e. The van der Waals surface area contributed by atoms with E-state index in [9.17, 15) is 9.90 Å². The van der Waals surface area contributed by atoms with Crippen molar-refractivity contribution in [3.8, 4) is 22.8 Å². The van der Waals surface area contributed by atoms with E-state index >= 15 is 0 Å². The van der Waals surface area contributed by atoms with E-state index in [1.54, 1.807) is 14.2 Å². The number of aromatic amines is 1. The molecule has 0 saturated heterocycles. The van der Waals surface area contributed by atoms with Crippen LogP contribution in [0.4, 0.5) is 0 Å². The Hall–Kier alpha value is -2.95. The van der Waals surface area contributed by atoms with Crippen molar-refractivity contribution in [2.75, 3.05) is 14.2 Å². The number of nitrogens with one attached hydrogen (secondary N) is 1. The Balaban J connectivity index is 2.28. The number of hydrogen-bond acceptors (Lipinski definition) is 3. The van der Waals surface area contributed by atoms with Crippen LogP contribution in [0.5, 0.6) is 11.5 Å². The number of aryl methyl sites for hydroxylation is 2. The van der Waals surface area contributed by atoms with Gasteiger partial charge in [-0.3, -0.25) is 4.79 Å². The highest BCUT2D eigenvalue weighted by Gasteiger charge is 2.18. The van der Waals surface area contributed by atoms with Crippen molar-refractivity contribution in [3.63, 3.8) is 0 Å². The fraction of sp³-hybridized carbons (Fsp3) is 0.250. The number of rotatable bonds is 5. The Labute approximate surface area is 146 Å². The van der Waals surface area contributed by atoms with Gasteiger partial charge in [0.15, 0.2) is 11.5 Å². The van der Waals surface area contributed by atoms with E-state index in [1.165, 1.54) is 0 Å². The summed E-state index contributed by atoms with van der Waals surface area (Å²) in [5, 5.41) is 10.3. The summed E-state index contributed by atoms with van der Waals surface area (Å²) >= 11 is 0. The average Bonchev–Trinajstić information content (AvgIpc) is 2.92. The van der Waals surface area contributed by atoms with E-state index in [1.807, 2.05) is 38.1 Å². The lowest BCUT2D eigenvalue weighted by Crippen LogP contribution is -2.01. The Bertz CT molecular complexity index is 956. The molecule has 2 N–H and O–H groups in total. The summed E-state index contributed by atoms with van der Waals surface area (Å²) in [6.45, 7) is 4.04. The number of ether oxygens (including phenoxy) is 2. The molecule has 0 aliphatic rings. The third-order valence-corrected chi connectivity index (χ3v) is 4.36. The van der Waals surface area contributed by atoms with Crippen LogP contribution >= 0.6 is 0 Å². The molecule has 0 bridgehead atoms. The standard InChI is InChI=1S/C20H21NO4/c1-11-7-12(2)19-14(8-11)15(10-18(22)23)20(21-19)13-5-6-16(24-3)17(9-13)25-4/h5-9,21H,10H2,1-4H3,(H,22,23). The topological polar surface area (TPSA) is 71.6 Å². The Kier molecular flexibility index (Phi) is 4.40. The first-order valence-corrected chi connectivity index (χ1v) is 8.00. The van der Waals surface area contributed by atoms with E-state index in [-0.39, 0.29) is 6.42 Å². The van der Waals surface area contributed by atoms with Crippen LogP contribution in [0.15, 0.2) is 30.3 Å². The monoisotopic (exact) mass is 339 g/mol. The summed E-state index contributed by atoms with van der Waals surface area (Å²) in [4.78, 5) is 14.8. The van der Waals surface area contributed by atoms with Crippen LogP contribution in [0.1, 0.15) is 16.7 Å². The first-order chi connectivity index (χ1) is 11.9. The van der Waals surface area contributed by atoms with Crippen LogP contribution in [0.25, 0.3) is 22.2 Å². The molecule has 5 nitrogen and oxygen atoms in total. The second-order valence-electron chi connectivity index (χ2n) is 6.12. The molecule has 3 aromatic rings. The number of benzene rings is 2. The molecule has 0 fully saturated rings. The molecule has 130 valence electrons. The Morgan fingerprint density at radius 2 is 1.80 bits per heavy atom. The zero-order valence-electron chi connectivity index (χ0n) is 14.8. The minimum absolute atomic E-state index is 0.0490. The molecule has 1 heterocycles. The molecule has 0 amide bonds. The van der Waals surface area contributed by atoms with Crippen LogP contribution in [-0.4, -0.2) is 30.3 Å². The molecule has 1 aromatic heterocycles. The highest BCUT2D eigenvalue weighted by Crippen LogP contribution is 2.37. The summed E-state index contributed by atoms with van der Waals surface area (Å²) in [5.74, 6) is 0.379. The average molecular weight is 339 g/mol. The summed E-state index contributed by atoms with van der Waals surface area (Å²) in [6, 6.07) is 9.70. The van der Waals surface area contributed by atoms with Crippen molar-refractivity contribution in [1.29, 1.82) is 0 Å². The molecular weight excluding hydrogens is 318 g/mol. The molecule has 0 saturated carbocycles. The number of hydrogen-bond donors (Lipinski definition) is 2. The van der Waals surface area contributed by atoms with Gasteiger partial charge in [-0.15, -0.1) is 0 Å². The SMILES string of the molecule is COc1ccc(-c2[nH]c3c(C)cc(C)cc3c2CC(=O)O)cc1OC. The lowest BCUT2D eigenvalue weighted by molar-refractivity contribution is -0.136. The predicted molar refractivity (Wildman–Crippen MR) is 97.7 cm³/mol. The van der Waals surface area contributed by atoms with Gasteiger partial charge in [-0.2, -0.15) is 0 Å². The minimum atomic E-state index is -0.859. The van der Waals surface area contributed by atoms with Gasteiger partial charge in [0, 0.05) is 16.5 Å². The lowest BCUT2D eigenvalue weighted by Gasteiger charge is -2.10. The maximum Gasteiger partial charge on any atom is 0.307 e. The summed E-state index contributed by atoms with van der Waals surface area (Å²) in [5.41, 5.74) is 5.60. The maximum absolute atomic E-state index is 11.4. The highest BCUT2D eigenvalue weighted by molar-refractivity contribution is 5.96. The van der Waals surface area contributed by atoms with Crippen LogP contribution in [0.3, 0.4) is 0 Å². The van der Waals surface area contributed by atoms with Gasteiger partial charge in [0.25, 0.3) is 0 Å². The third kappa shape index (κ3) is 3.05. The van der Waals surface area contributed by atoms with Crippen molar-refractivity contribution in [1.82, 2.24) is 4.98 Å². The molecule has 25 heavy (non-hydrogen) atoms. The summed E-state index contributed by atoms with van der Waals surface area (Å²) in [7, 11) is 3.17. The van der Waals surface area contributed by atoms with Gasteiger partial charge in [0.2, 0.25) is 0 Å². The molecule has 0 unspecified atom stereocenters. The lowest BCUT2D eigenvalue weighted by atomic mass is 10.00. The van der Waals surface area contributed by atoms with Crippen molar-refractivity contribution >= 4 is 16.9 Å². The molecule has 0 atom stereocenters.